The monoisotopic (exact) mass is 416 g/mol. The second kappa shape index (κ2) is 13.6. The maximum Gasteiger partial charge on any atom is 0.271 e. The Morgan fingerprint density at radius 2 is 1.59 bits per heavy atom. The van der Waals surface area contributed by atoms with Crippen molar-refractivity contribution < 1.29 is 9.18 Å². The van der Waals surface area contributed by atoms with E-state index in [1.165, 1.54) is 12.1 Å². The molecule has 3 nitrogen and oxygen atoms in total. The average molecular weight is 417 g/mol. The number of nitrogens with zero attached hydrogens (tertiary/aromatic N) is 1. The number of H-pyrrole nitrogens is 1. The van der Waals surface area contributed by atoms with Crippen LogP contribution in [0.2, 0.25) is 0 Å². The van der Waals surface area contributed by atoms with Gasteiger partial charge in [0.05, 0.1) is 0 Å². The van der Waals surface area contributed by atoms with Crippen molar-refractivity contribution in [2.45, 2.75) is 34.2 Å². The molecule has 1 amide bonds. The Balaban J connectivity index is 0.000000989. The van der Waals surface area contributed by atoms with Crippen LogP contribution in [0.3, 0.4) is 0 Å². The van der Waals surface area contributed by atoms with Gasteiger partial charge in [0.25, 0.3) is 5.91 Å². The normalized spacial score (nSPS) is 9.59. The molecule has 0 spiro atoms. The molecule has 0 unspecified atom stereocenters. The van der Waals surface area contributed by atoms with Crippen molar-refractivity contribution in [1.82, 2.24) is 9.88 Å². The molecule has 2 aromatic carbocycles. The minimum absolute atomic E-state index is 0.131. The Bertz CT molecular complexity index is 832. The lowest BCUT2D eigenvalue weighted by Gasteiger charge is -2.22. The minimum Gasteiger partial charge on any atom is -0.357 e. The van der Waals surface area contributed by atoms with Crippen molar-refractivity contribution >= 4 is 17.5 Å². The lowest BCUT2D eigenvalue weighted by molar-refractivity contribution is 0.0749. The minimum atomic E-state index is -0.306. The number of carbonyl (C=O) groups excluding carboxylic acids is 1. The Kier molecular flexibility index (Phi) is 11.4. The third kappa shape index (κ3) is 7.06. The van der Waals surface area contributed by atoms with Gasteiger partial charge in [-0.05, 0) is 29.3 Å². The second-order valence-corrected chi connectivity index (χ2v) is 6.05. The fourth-order valence-corrected chi connectivity index (χ4v) is 2.94. The quantitative estimate of drug-likeness (QED) is 0.443. The molecule has 1 heterocycles. The first-order chi connectivity index (χ1) is 14.2. The summed E-state index contributed by atoms with van der Waals surface area (Å²) in [6.45, 7) is 8.92. The summed E-state index contributed by atoms with van der Waals surface area (Å²) in [5.41, 5.74) is 3.05. The molecule has 3 rings (SSSR count). The van der Waals surface area contributed by atoms with E-state index in [-0.39, 0.29) is 11.7 Å². The zero-order valence-corrected chi connectivity index (χ0v) is 18.3. The number of amides is 1. The van der Waals surface area contributed by atoms with Crippen LogP contribution < -0.4 is 0 Å². The van der Waals surface area contributed by atoms with Gasteiger partial charge >= 0.3 is 0 Å². The molecule has 3 aromatic rings. The number of benzene rings is 2. The fraction of sp³-hybridized carbons (Fsp3) is 0.292. The van der Waals surface area contributed by atoms with Crippen LogP contribution in [0.1, 0.15) is 43.7 Å². The van der Waals surface area contributed by atoms with Gasteiger partial charge in [0.15, 0.2) is 0 Å². The van der Waals surface area contributed by atoms with Gasteiger partial charge in [0.1, 0.15) is 11.5 Å². The molecule has 0 aliphatic carbocycles. The Hall–Kier alpha value is -2.59. The molecule has 0 saturated carbocycles. The molecule has 0 bridgehead atoms. The first-order valence-corrected chi connectivity index (χ1v) is 10.5. The number of rotatable bonds is 6. The molecular formula is C24H30ClFN2O. The lowest BCUT2D eigenvalue weighted by atomic mass is 10.1. The van der Waals surface area contributed by atoms with Crippen molar-refractivity contribution in [3.8, 4) is 11.1 Å². The number of aromatic nitrogens is 1. The third-order valence-corrected chi connectivity index (χ3v) is 4.14. The van der Waals surface area contributed by atoms with Crippen molar-refractivity contribution in [3.63, 3.8) is 0 Å². The number of hydrogen-bond acceptors (Lipinski definition) is 1. The topological polar surface area (TPSA) is 36.1 Å². The summed E-state index contributed by atoms with van der Waals surface area (Å²) in [5.74, 6) is -0.0839. The summed E-state index contributed by atoms with van der Waals surface area (Å²) in [5, 5.41) is 0. The van der Waals surface area contributed by atoms with Crippen LogP contribution >= 0.6 is 11.6 Å². The number of halogens is 2. The van der Waals surface area contributed by atoms with E-state index in [4.69, 9.17) is 11.6 Å². The van der Waals surface area contributed by atoms with E-state index in [0.717, 1.165) is 16.7 Å². The van der Waals surface area contributed by atoms with Crippen LogP contribution in [0, 0.1) is 5.82 Å². The van der Waals surface area contributed by atoms with Crippen molar-refractivity contribution in [2.24, 2.45) is 0 Å². The molecule has 0 saturated heterocycles. The maximum atomic E-state index is 13.2. The van der Waals surface area contributed by atoms with Crippen LogP contribution in [0.15, 0.2) is 66.9 Å². The zero-order valence-electron chi connectivity index (χ0n) is 17.6. The van der Waals surface area contributed by atoms with Gasteiger partial charge in [0.2, 0.25) is 0 Å². The maximum absolute atomic E-state index is 13.2. The van der Waals surface area contributed by atoms with E-state index in [2.05, 4.69) is 4.98 Å². The highest BCUT2D eigenvalue weighted by Gasteiger charge is 2.20. The highest BCUT2D eigenvalue weighted by Crippen LogP contribution is 2.25. The first-order valence-electron chi connectivity index (χ1n) is 10.0. The summed E-state index contributed by atoms with van der Waals surface area (Å²) in [6.07, 6.45) is 1.72. The largest absolute Gasteiger partial charge is 0.357 e. The van der Waals surface area contributed by atoms with Crippen LogP contribution in [0.5, 0.6) is 0 Å². The summed E-state index contributed by atoms with van der Waals surface area (Å²) in [6, 6.07) is 17.7. The highest BCUT2D eigenvalue weighted by atomic mass is 35.5. The van der Waals surface area contributed by atoms with Gasteiger partial charge in [-0.25, -0.2) is 4.39 Å². The van der Waals surface area contributed by atoms with Gasteiger partial charge in [0, 0.05) is 30.7 Å². The molecule has 0 atom stereocenters. The molecule has 0 fully saturated rings. The van der Waals surface area contributed by atoms with E-state index in [1.54, 1.807) is 23.2 Å². The molecule has 5 heteroatoms. The zero-order chi connectivity index (χ0) is 21.6. The van der Waals surface area contributed by atoms with Crippen molar-refractivity contribution in [1.29, 1.82) is 0 Å². The molecule has 0 aliphatic heterocycles. The van der Waals surface area contributed by atoms with Gasteiger partial charge in [-0.1, -0.05) is 70.2 Å². The van der Waals surface area contributed by atoms with Crippen LogP contribution in [0.4, 0.5) is 4.39 Å². The predicted molar refractivity (Wildman–Crippen MR) is 121 cm³/mol. The predicted octanol–water partition coefficient (Wildman–Crippen LogP) is 6.75. The van der Waals surface area contributed by atoms with E-state index >= 15 is 0 Å². The summed E-state index contributed by atoms with van der Waals surface area (Å²) < 4.78 is 13.2. The molecular weight excluding hydrogens is 387 g/mol. The summed E-state index contributed by atoms with van der Waals surface area (Å²) >= 11 is 5.90. The SMILES string of the molecule is CC.CC.O=C(c1[nH]ccc1-c1ccc(F)cc1)N(CCCl)Cc1ccccc1. The smallest absolute Gasteiger partial charge is 0.271 e. The number of hydrogen-bond donors (Lipinski definition) is 1. The van der Waals surface area contributed by atoms with Crippen LogP contribution in [-0.4, -0.2) is 28.2 Å². The standard InChI is InChI=1S/C20H18ClFN2O.2C2H6/c21-11-13-24(14-15-4-2-1-3-5-15)20(25)19-18(10-12-23-19)16-6-8-17(22)9-7-16;2*1-2/h1-10,12,23H,11,13-14H2;2*1-2H3. The molecule has 0 radical (unpaired) electrons. The summed E-state index contributed by atoms with van der Waals surface area (Å²) in [4.78, 5) is 17.7. The van der Waals surface area contributed by atoms with Gasteiger partial charge < -0.3 is 9.88 Å². The van der Waals surface area contributed by atoms with Crippen molar-refractivity contribution in [3.05, 3.63) is 83.9 Å². The third-order valence-electron chi connectivity index (χ3n) is 3.97. The van der Waals surface area contributed by atoms with Gasteiger partial charge in [-0.2, -0.15) is 0 Å². The average Bonchev–Trinajstić information content (AvgIpc) is 3.27. The fourth-order valence-electron chi connectivity index (χ4n) is 2.73. The first kappa shape index (κ1) is 24.4. The second-order valence-electron chi connectivity index (χ2n) is 5.67. The Labute approximate surface area is 178 Å². The van der Waals surface area contributed by atoms with Crippen molar-refractivity contribution in [2.75, 3.05) is 12.4 Å². The Morgan fingerprint density at radius 1 is 0.966 bits per heavy atom. The molecule has 29 heavy (non-hydrogen) atoms. The van der Waals surface area contributed by atoms with Crippen LogP contribution in [-0.2, 0) is 6.54 Å². The van der Waals surface area contributed by atoms with E-state index in [0.29, 0.717) is 24.7 Å². The Morgan fingerprint density at radius 3 is 2.17 bits per heavy atom. The lowest BCUT2D eigenvalue weighted by Crippen LogP contribution is -2.32. The van der Waals surface area contributed by atoms with E-state index in [1.807, 2.05) is 64.1 Å². The molecule has 1 aromatic heterocycles. The number of carbonyl (C=O) groups is 1. The molecule has 0 aliphatic rings. The summed E-state index contributed by atoms with van der Waals surface area (Å²) in [7, 11) is 0. The molecule has 1 N–H and O–H groups in total. The number of aromatic amines is 1. The van der Waals surface area contributed by atoms with Gasteiger partial charge in [-0.3, -0.25) is 4.79 Å². The van der Waals surface area contributed by atoms with Gasteiger partial charge in [-0.15, -0.1) is 11.6 Å². The van der Waals surface area contributed by atoms with E-state index < -0.39 is 0 Å². The number of alkyl halides is 1. The molecule has 156 valence electrons. The van der Waals surface area contributed by atoms with Crippen LogP contribution in [0.25, 0.3) is 11.1 Å². The number of nitrogens with one attached hydrogen (secondary N) is 1. The highest BCUT2D eigenvalue weighted by molar-refractivity contribution is 6.18. The van der Waals surface area contributed by atoms with E-state index in [9.17, 15) is 9.18 Å².